The van der Waals surface area contributed by atoms with Crippen LogP contribution in [0.15, 0.2) is 48.0 Å². The van der Waals surface area contributed by atoms with Crippen LogP contribution >= 0.6 is 0 Å². The van der Waals surface area contributed by atoms with Gasteiger partial charge in [-0.2, -0.15) is 13.2 Å². The molecule has 166 valence electrons. The smallest absolute Gasteiger partial charge is 0.492 e. The quantitative estimate of drug-likeness (QED) is 0.629. The summed E-state index contributed by atoms with van der Waals surface area (Å²) in [4.78, 5) is 15.5. The molecule has 9 heteroatoms. The molecular formula is C22H21F4NO4. The fraction of sp³-hybridized carbons (Fsp3) is 0.318. The van der Waals surface area contributed by atoms with Crippen LogP contribution in [0.5, 0.6) is 11.5 Å². The largest absolute Gasteiger partial charge is 0.493 e. The van der Waals surface area contributed by atoms with Crippen molar-refractivity contribution in [3.63, 3.8) is 0 Å². The Morgan fingerprint density at radius 3 is 2.03 bits per heavy atom. The van der Waals surface area contributed by atoms with E-state index in [1.807, 2.05) is 6.07 Å². The first-order valence-electron chi connectivity index (χ1n) is 9.47. The first-order chi connectivity index (χ1) is 14.7. The van der Waals surface area contributed by atoms with Gasteiger partial charge in [0.1, 0.15) is 5.82 Å². The van der Waals surface area contributed by atoms with Gasteiger partial charge in [-0.05, 0) is 53.8 Å². The van der Waals surface area contributed by atoms with E-state index < -0.39 is 12.1 Å². The SMILES string of the molecule is COc1ccc(C(=C2CCN(OC(=O)C(F)(F)F)CC2)c2ccc(F)cc2)cc1OC. The van der Waals surface area contributed by atoms with Crippen LogP contribution in [0.3, 0.4) is 0 Å². The monoisotopic (exact) mass is 439 g/mol. The Bertz CT molecular complexity index is 960. The lowest BCUT2D eigenvalue weighted by Gasteiger charge is -2.29. The van der Waals surface area contributed by atoms with Crippen molar-refractivity contribution in [2.45, 2.75) is 19.0 Å². The highest BCUT2D eigenvalue weighted by molar-refractivity contribution is 5.83. The van der Waals surface area contributed by atoms with Crippen LogP contribution in [-0.4, -0.2) is 44.5 Å². The Balaban J connectivity index is 1.94. The molecule has 31 heavy (non-hydrogen) atoms. The molecule has 0 unspecified atom stereocenters. The van der Waals surface area contributed by atoms with Crippen LogP contribution in [0, 0.1) is 5.82 Å². The number of hydrogen-bond donors (Lipinski definition) is 0. The molecule has 0 N–H and O–H groups in total. The number of methoxy groups -OCH3 is 2. The van der Waals surface area contributed by atoms with Crippen LogP contribution in [0.4, 0.5) is 17.6 Å². The van der Waals surface area contributed by atoms with Gasteiger partial charge in [0.15, 0.2) is 11.5 Å². The predicted molar refractivity (Wildman–Crippen MR) is 105 cm³/mol. The molecule has 1 fully saturated rings. The highest BCUT2D eigenvalue weighted by atomic mass is 19.4. The third-order valence-corrected chi connectivity index (χ3v) is 4.93. The molecule has 0 radical (unpaired) electrons. The number of nitrogens with zero attached hydrogens (tertiary/aromatic N) is 1. The van der Waals surface area contributed by atoms with Gasteiger partial charge in [-0.3, -0.25) is 0 Å². The second-order valence-corrected chi connectivity index (χ2v) is 6.86. The summed E-state index contributed by atoms with van der Waals surface area (Å²) in [6.07, 6.45) is -4.31. The molecule has 3 rings (SSSR count). The van der Waals surface area contributed by atoms with Crippen molar-refractivity contribution in [1.29, 1.82) is 0 Å². The number of ether oxygens (including phenoxy) is 2. The maximum atomic E-state index is 13.5. The molecule has 0 amide bonds. The minimum absolute atomic E-state index is 0.106. The summed E-state index contributed by atoms with van der Waals surface area (Å²) in [7, 11) is 3.04. The molecule has 0 atom stereocenters. The van der Waals surface area contributed by atoms with Crippen LogP contribution in [-0.2, 0) is 9.63 Å². The van der Waals surface area contributed by atoms with E-state index in [1.165, 1.54) is 26.4 Å². The van der Waals surface area contributed by atoms with Crippen molar-refractivity contribution in [3.8, 4) is 11.5 Å². The fourth-order valence-corrected chi connectivity index (χ4v) is 3.45. The van der Waals surface area contributed by atoms with E-state index in [0.717, 1.165) is 27.3 Å². The minimum Gasteiger partial charge on any atom is -0.493 e. The summed E-state index contributed by atoms with van der Waals surface area (Å²) in [6, 6.07) is 11.4. The number of alkyl halides is 3. The average molecular weight is 439 g/mol. The van der Waals surface area contributed by atoms with E-state index in [0.29, 0.717) is 24.3 Å². The van der Waals surface area contributed by atoms with E-state index in [4.69, 9.17) is 9.47 Å². The number of hydrogen-bond acceptors (Lipinski definition) is 5. The first-order valence-corrected chi connectivity index (χ1v) is 9.47. The van der Waals surface area contributed by atoms with Gasteiger partial charge in [-0.1, -0.05) is 23.8 Å². The van der Waals surface area contributed by atoms with Crippen molar-refractivity contribution >= 4 is 11.5 Å². The summed E-state index contributed by atoms with van der Waals surface area (Å²) < 4.78 is 61.5. The molecule has 1 aliphatic heterocycles. The highest BCUT2D eigenvalue weighted by Crippen LogP contribution is 2.37. The van der Waals surface area contributed by atoms with Crippen molar-refractivity contribution in [3.05, 3.63) is 65.0 Å². The van der Waals surface area contributed by atoms with E-state index >= 15 is 0 Å². The van der Waals surface area contributed by atoms with Gasteiger partial charge in [0.05, 0.1) is 14.2 Å². The molecule has 5 nitrogen and oxygen atoms in total. The number of carbonyl (C=O) groups excluding carboxylic acids is 1. The zero-order valence-corrected chi connectivity index (χ0v) is 17.0. The van der Waals surface area contributed by atoms with Gasteiger partial charge in [0.25, 0.3) is 0 Å². The summed E-state index contributed by atoms with van der Waals surface area (Å²) in [6.45, 7) is 0.213. The molecule has 1 saturated heterocycles. The summed E-state index contributed by atoms with van der Waals surface area (Å²) in [5.74, 6) is -1.56. The maximum absolute atomic E-state index is 13.5. The van der Waals surface area contributed by atoms with E-state index in [1.54, 1.807) is 24.3 Å². The summed E-state index contributed by atoms with van der Waals surface area (Å²) in [5, 5.41) is 1.01. The summed E-state index contributed by atoms with van der Waals surface area (Å²) >= 11 is 0. The van der Waals surface area contributed by atoms with Crippen molar-refractivity contribution in [2.24, 2.45) is 0 Å². The van der Waals surface area contributed by atoms with E-state index in [-0.39, 0.29) is 18.9 Å². The third-order valence-electron chi connectivity index (χ3n) is 4.93. The first kappa shape index (κ1) is 22.6. The Hall–Kier alpha value is -3.07. The number of hydroxylamine groups is 2. The van der Waals surface area contributed by atoms with Gasteiger partial charge in [-0.25, -0.2) is 9.18 Å². The molecule has 2 aromatic carbocycles. The van der Waals surface area contributed by atoms with Gasteiger partial charge < -0.3 is 14.3 Å². The lowest BCUT2D eigenvalue weighted by atomic mass is 9.88. The van der Waals surface area contributed by atoms with Crippen molar-refractivity contribution < 1.29 is 36.7 Å². The highest BCUT2D eigenvalue weighted by Gasteiger charge is 2.42. The standard InChI is InChI=1S/C22H21F4NO4/c1-29-18-8-5-16(13-19(18)30-2)20(14-3-6-17(23)7-4-14)15-9-11-27(12-10-15)31-21(28)22(24,25)26/h3-8,13H,9-12H2,1-2H3. The Kier molecular flexibility index (Phi) is 6.84. The zero-order chi connectivity index (χ0) is 22.6. The Morgan fingerprint density at radius 2 is 1.48 bits per heavy atom. The second kappa shape index (κ2) is 9.38. The molecule has 0 bridgehead atoms. The van der Waals surface area contributed by atoms with Gasteiger partial charge >= 0.3 is 12.1 Å². The fourth-order valence-electron chi connectivity index (χ4n) is 3.45. The lowest BCUT2D eigenvalue weighted by molar-refractivity contribution is -0.239. The molecule has 1 aliphatic rings. The molecule has 0 aliphatic carbocycles. The van der Waals surface area contributed by atoms with Gasteiger partial charge in [-0.15, -0.1) is 5.06 Å². The van der Waals surface area contributed by atoms with Crippen LogP contribution in [0.1, 0.15) is 24.0 Å². The van der Waals surface area contributed by atoms with Crippen LogP contribution < -0.4 is 9.47 Å². The minimum atomic E-state index is -5.05. The molecule has 0 spiro atoms. The number of rotatable bonds is 5. The molecular weight excluding hydrogens is 418 g/mol. The number of halogens is 4. The Labute approximate surface area is 176 Å². The van der Waals surface area contributed by atoms with E-state index in [9.17, 15) is 22.4 Å². The van der Waals surface area contributed by atoms with Gasteiger partial charge in [0, 0.05) is 13.1 Å². The van der Waals surface area contributed by atoms with E-state index in [2.05, 4.69) is 4.84 Å². The number of carbonyl (C=O) groups is 1. The summed E-state index contributed by atoms with van der Waals surface area (Å²) in [5.41, 5.74) is 3.31. The number of benzene rings is 2. The van der Waals surface area contributed by atoms with Crippen LogP contribution in [0.2, 0.25) is 0 Å². The topological polar surface area (TPSA) is 48.0 Å². The predicted octanol–water partition coefficient (Wildman–Crippen LogP) is 4.76. The normalized spacial score (nSPS) is 14.8. The average Bonchev–Trinajstić information content (AvgIpc) is 2.75. The zero-order valence-electron chi connectivity index (χ0n) is 17.0. The molecule has 2 aromatic rings. The molecule has 0 saturated carbocycles. The molecule has 0 aromatic heterocycles. The number of piperidine rings is 1. The lowest BCUT2D eigenvalue weighted by Crippen LogP contribution is -2.38. The molecule has 1 heterocycles. The van der Waals surface area contributed by atoms with Crippen LogP contribution in [0.25, 0.3) is 5.57 Å². The third kappa shape index (κ3) is 5.35. The van der Waals surface area contributed by atoms with Gasteiger partial charge in [0.2, 0.25) is 0 Å². The second-order valence-electron chi connectivity index (χ2n) is 6.86. The Morgan fingerprint density at radius 1 is 0.903 bits per heavy atom. The maximum Gasteiger partial charge on any atom is 0.492 e. The van der Waals surface area contributed by atoms with Crippen molar-refractivity contribution in [2.75, 3.05) is 27.3 Å². The van der Waals surface area contributed by atoms with Crippen molar-refractivity contribution in [1.82, 2.24) is 5.06 Å².